The van der Waals surface area contributed by atoms with Crippen molar-refractivity contribution in [2.45, 2.75) is 5.88 Å². The first kappa shape index (κ1) is 13.6. The van der Waals surface area contributed by atoms with E-state index >= 15 is 0 Å². The molecule has 4 nitrogen and oxygen atoms in total. The molecule has 2 aromatic rings. The number of rotatable bonds is 4. The number of nitro groups is 1. The van der Waals surface area contributed by atoms with Gasteiger partial charge in [0.25, 0.3) is 5.69 Å². The van der Waals surface area contributed by atoms with E-state index in [2.05, 4.69) is 0 Å². The number of halogens is 2. The zero-order valence-corrected chi connectivity index (χ0v) is 11.2. The second-order valence-corrected chi connectivity index (χ2v) is 4.43. The molecule has 0 aliphatic rings. The van der Waals surface area contributed by atoms with Gasteiger partial charge in [-0.15, -0.1) is 11.6 Å². The van der Waals surface area contributed by atoms with Crippen LogP contribution in [0.25, 0.3) is 0 Å². The van der Waals surface area contributed by atoms with Crippen LogP contribution in [-0.4, -0.2) is 4.92 Å². The lowest BCUT2D eigenvalue weighted by Crippen LogP contribution is -1.90. The quantitative estimate of drug-likeness (QED) is 0.463. The minimum atomic E-state index is -0.510. The number of nitro benzene ring substituents is 1. The standard InChI is InChI=1S/C13H9Cl2NO3/c14-8-9-2-1-3-11(6-9)19-13-5-4-10(16(17)18)7-12(13)15/h1-7H,8H2. The highest BCUT2D eigenvalue weighted by Crippen LogP contribution is 2.32. The molecular weight excluding hydrogens is 289 g/mol. The zero-order chi connectivity index (χ0) is 13.8. The summed E-state index contributed by atoms with van der Waals surface area (Å²) < 4.78 is 5.57. The molecule has 0 N–H and O–H groups in total. The Morgan fingerprint density at radius 3 is 2.63 bits per heavy atom. The third-order valence-corrected chi connectivity index (χ3v) is 3.01. The van der Waals surface area contributed by atoms with E-state index < -0.39 is 4.92 Å². The van der Waals surface area contributed by atoms with Gasteiger partial charge in [-0.3, -0.25) is 10.1 Å². The Hall–Kier alpha value is -1.78. The van der Waals surface area contributed by atoms with Gasteiger partial charge in [-0.25, -0.2) is 0 Å². The molecule has 2 aromatic carbocycles. The van der Waals surface area contributed by atoms with Gasteiger partial charge in [0.05, 0.1) is 9.95 Å². The average Bonchev–Trinajstić information content (AvgIpc) is 2.41. The monoisotopic (exact) mass is 297 g/mol. The SMILES string of the molecule is O=[N+]([O-])c1ccc(Oc2cccc(CCl)c2)c(Cl)c1. The molecule has 0 aliphatic heterocycles. The second kappa shape index (κ2) is 5.91. The van der Waals surface area contributed by atoms with Gasteiger partial charge in [-0.2, -0.15) is 0 Å². The molecule has 0 bridgehead atoms. The molecule has 0 fully saturated rings. The summed E-state index contributed by atoms with van der Waals surface area (Å²) in [4.78, 5) is 10.1. The summed E-state index contributed by atoms with van der Waals surface area (Å²) in [6, 6.07) is 11.3. The van der Waals surface area contributed by atoms with Crippen molar-refractivity contribution in [3.8, 4) is 11.5 Å². The lowest BCUT2D eigenvalue weighted by molar-refractivity contribution is -0.384. The number of nitrogens with zero attached hydrogens (tertiary/aromatic N) is 1. The molecule has 19 heavy (non-hydrogen) atoms. The van der Waals surface area contributed by atoms with Crippen molar-refractivity contribution in [2.24, 2.45) is 0 Å². The Balaban J connectivity index is 2.25. The van der Waals surface area contributed by atoms with Crippen LogP contribution in [0.3, 0.4) is 0 Å². The maximum absolute atomic E-state index is 10.6. The van der Waals surface area contributed by atoms with Crippen LogP contribution in [0.2, 0.25) is 5.02 Å². The highest BCUT2D eigenvalue weighted by atomic mass is 35.5. The van der Waals surface area contributed by atoms with E-state index in [1.165, 1.54) is 18.2 Å². The lowest BCUT2D eigenvalue weighted by Gasteiger charge is -2.08. The normalized spacial score (nSPS) is 10.2. The molecule has 0 aromatic heterocycles. The molecule has 98 valence electrons. The van der Waals surface area contributed by atoms with Crippen LogP contribution in [0, 0.1) is 10.1 Å². The third kappa shape index (κ3) is 3.36. The molecule has 0 spiro atoms. The van der Waals surface area contributed by atoms with Crippen molar-refractivity contribution in [1.29, 1.82) is 0 Å². The van der Waals surface area contributed by atoms with Crippen LogP contribution in [0.5, 0.6) is 11.5 Å². The van der Waals surface area contributed by atoms with E-state index in [-0.39, 0.29) is 10.7 Å². The first-order valence-electron chi connectivity index (χ1n) is 5.37. The number of hydrogen-bond donors (Lipinski definition) is 0. The maximum Gasteiger partial charge on any atom is 0.271 e. The minimum Gasteiger partial charge on any atom is -0.456 e. The number of hydrogen-bond acceptors (Lipinski definition) is 3. The van der Waals surface area contributed by atoms with E-state index in [4.69, 9.17) is 27.9 Å². The van der Waals surface area contributed by atoms with Gasteiger partial charge in [-0.1, -0.05) is 23.7 Å². The predicted octanol–water partition coefficient (Wildman–Crippen LogP) is 4.78. The number of alkyl halides is 1. The predicted molar refractivity (Wildman–Crippen MR) is 74.2 cm³/mol. The smallest absolute Gasteiger partial charge is 0.271 e. The second-order valence-electron chi connectivity index (χ2n) is 3.75. The number of non-ortho nitro benzene ring substituents is 1. The van der Waals surface area contributed by atoms with Gasteiger partial charge in [0.2, 0.25) is 0 Å². The van der Waals surface area contributed by atoms with Crippen molar-refractivity contribution in [2.75, 3.05) is 0 Å². The van der Waals surface area contributed by atoms with Crippen LogP contribution < -0.4 is 4.74 Å². The van der Waals surface area contributed by atoms with E-state index in [1.54, 1.807) is 12.1 Å². The van der Waals surface area contributed by atoms with Crippen molar-refractivity contribution < 1.29 is 9.66 Å². The number of benzene rings is 2. The zero-order valence-electron chi connectivity index (χ0n) is 9.68. The summed E-state index contributed by atoms with van der Waals surface area (Å²) in [6.07, 6.45) is 0. The van der Waals surface area contributed by atoms with E-state index in [9.17, 15) is 10.1 Å². The fraction of sp³-hybridized carbons (Fsp3) is 0.0769. The fourth-order valence-corrected chi connectivity index (χ4v) is 1.88. The van der Waals surface area contributed by atoms with Gasteiger partial charge in [0.1, 0.15) is 11.5 Å². The van der Waals surface area contributed by atoms with Crippen LogP contribution >= 0.6 is 23.2 Å². The first-order valence-corrected chi connectivity index (χ1v) is 6.28. The van der Waals surface area contributed by atoms with E-state index in [1.807, 2.05) is 12.1 Å². The fourth-order valence-electron chi connectivity index (χ4n) is 1.51. The Bertz CT molecular complexity index is 617. The largest absolute Gasteiger partial charge is 0.456 e. The Labute approximate surface area is 119 Å². The Morgan fingerprint density at radius 1 is 1.21 bits per heavy atom. The summed E-state index contributed by atoms with van der Waals surface area (Å²) in [5.41, 5.74) is 0.837. The summed E-state index contributed by atoms with van der Waals surface area (Å²) >= 11 is 11.7. The van der Waals surface area contributed by atoms with Crippen LogP contribution in [-0.2, 0) is 5.88 Å². The molecule has 0 amide bonds. The molecule has 6 heteroatoms. The molecule has 0 saturated carbocycles. The van der Waals surface area contributed by atoms with Crippen molar-refractivity contribution in [1.82, 2.24) is 0 Å². The van der Waals surface area contributed by atoms with Gasteiger partial charge in [-0.05, 0) is 23.8 Å². The van der Waals surface area contributed by atoms with Crippen LogP contribution in [0.4, 0.5) is 5.69 Å². The Kier molecular flexibility index (Phi) is 4.24. The van der Waals surface area contributed by atoms with Gasteiger partial charge in [0.15, 0.2) is 0 Å². The summed E-state index contributed by atoms with van der Waals surface area (Å²) in [6.45, 7) is 0. The summed E-state index contributed by atoms with van der Waals surface area (Å²) in [7, 11) is 0. The van der Waals surface area contributed by atoms with Crippen molar-refractivity contribution in [3.05, 3.63) is 63.2 Å². The Morgan fingerprint density at radius 2 is 2.00 bits per heavy atom. The minimum absolute atomic E-state index is 0.0770. The molecule has 0 heterocycles. The van der Waals surface area contributed by atoms with Crippen molar-refractivity contribution >= 4 is 28.9 Å². The third-order valence-electron chi connectivity index (χ3n) is 2.41. The number of ether oxygens (including phenoxy) is 1. The van der Waals surface area contributed by atoms with Gasteiger partial charge in [0, 0.05) is 18.0 Å². The molecule has 0 radical (unpaired) electrons. The van der Waals surface area contributed by atoms with Crippen molar-refractivity contribution in [3.63, 3.8) is 0 Å². The van der Waals surface area contributed by atoms with E-state index in [0.29, 0.717) is 17.4 Å². The van der Waals surface area contributed by atoms with Gasteiger partial charge >= 0.3 is 0 Å². The van der Waals surface area contributed by atoms with Gasteiger partial charge < -0.3 is 4.74 Å². The van der Waals surface area contributed by atoms with E-state index in [0.717, 1.165) is 5.56 Å². The highest BCUT2D eigenvalue weighted by molar-refractivity contribution is 6.32. The summed E-state index contributed by atoms with van der Waals surface area (Å²) in [5, 5.41) is 10.8. The molecule has 0 atom stereocenters. The molecular formula is C13H9Cl2NO3. The summed E-state index contributed by atoms with van der Waals surface area (Å²) in [5.74, 6) is 1.32. The van der Waals surface area contributed by atoms with Crippen LogP contribution in [0.1, 0.15) is 5.56 Å². The maximum atomic E-state index is 10.6. The lowest BCUT2D eigenvalue weighted by atomic mass is 10.2. The van der Waals surface area contributed by atoms with Crippen LogP contribution in [0.15, 0.2) is 42.5 Å². The molecule has 0 saturated heterocycles. The average molecular weight is 298 g/mol. The topological polar surface area (TPSA) is 52.4 Å². The molecule has 2 rings (SSSR count). The molecule has 0 unspecified atom stereocenters. The first-order chi connectivity index (χ1) is 9.10. The molecule has 0 aliphatic carbocycles. The highest BCUT2D eigenvalue weighted by Gasteiger charge is 2.11.